The minimum absolute atomic E-state index is 0. The summed E-state index contributed by atoms with van der Waals surface area (Å²) in [7, 11) is 1.84. The summed E-state index contributed by atoms with van der Waals surface area (Å²) >= 11 is 0. The number of rotatable bonds is 9. The zero-order valence-corrected chi connectivity index (χ0v) is 18.7. The number of anilines is 1. The van der Waals surface area contributed by atoms with Crippen LogP contribution in [-0.2, 0) is 0 Å². The van der Waals surface area contributed by atoms with Crippen LogP contribution in [0.5, 0.6) is 0 Å². The molecule has 1 aliphatic heterocycles. The van der Waals surface area contributed by atoms with Gasteiger partial charge in [0.05, 0.1) is 0 Å². The Kier molecular flexibility index (Phi) is 12.5. The maximum absolute atomic E-state index is 4.30. The van der Waals surface area contributed by atoms with E-state index in [9.17, 15) is 0 Å². The number of hydrogen-bond donors (Lipinski definition) is 3. The molecule has 0 atom stereocenters. The lowest BCUT2D eigenvalue weighted by Crippen LogP contribution is -2.40. The lowest BCUT2D eigenvalue weighted by molar-refractivity contribution is 0.191. The lowest BCUT2D eigenvalue weighted by atomic mass is 9.99. The van der Waals surface area contributed by atoms with Crippen molar-refractivity contribution in [1.29, 1.82) is 0 Å². The van der Waals surface area contributed by atoms with Gasteiger partial charge in [-0.15, -0.1) is 24.0 Å². The zero-order valence-electron chi connectivity index (χ0n) is 16.3. The molecule has 26 heavy (non-hydrogen) atoms. The number of hydrogen-bond acceptors (Lipinski definition) is 3. The molecule has 0 aliphatic carbocycles. The first-order chi connectivity index (χ1) is 12.3. The summed E-state index contributed by atoms with van der Waals surface area (Å²) in [5, 5.41) is 10.2. The topological polar surface area (TPSA) is 51.7 Å². The summed E-state index contributed by atoms with van der Waals surface area (Å²) in [6.45, 7) is 8.95. The molecule has 5 nitrogen and oxygen atoms in total. The van der Waals surface area contributed by atoms with Crippen molar-refractivity contribution >= 4 is 35.6 Å². The van der Waals surface area contributed by atoms with Crippen LogP contribution in [0.4, 0.5) is 5.69 Å². The number of piperidine rings is 1. The van der Waals surface area contributed by atoms with Gasteiger partial charge in [-0.3, -0.25) is 4.99 Å². The first kappa shape index (κ1) is 23.0. The average molecular weight is 473 g/mol. The maximum atomic E-state index is 4.30. The van der Waals surface area contributed by atoms with Crippen molar-refractivity contribution < 1.29 is 0 Å². The Balaban J connectivity index is 0.00000338. The molecular weight excluding hydrogens is 437 g/mol. The Morgan fingerprint density at radius 2 is 1.69 bits per heavy atom. The summed E-state index contributed by atoms with van der Waals surface area (Å²) in [6.07, 6.45) is 4.94. The minimum Gasteiger partial charge on any atom is -0.385 e. The smallest absolute Gasteiger partial charge is 0.190 e. The molecule has 148 valence electrons. The summed E-state index contributed by atoms with van der Waals surface area (Å²) in [4.78, 5) is 6.89. The van der Waals surface area contributed by atoms with Gasteiger partial charge in [0.1, 0.15) is 0 Å². The highest BCUT2D eigenvalue weighted by Gasteiger charge is 2.14. The third-order valence-corrected chi connectivity index (χ3v) is 4.79. The van der Waals surface area contributed by atoms with Gasteiger partial charge in [-0.2, -0.15) is 0 Å². The largest absolute Gasteiger partial charge is 0.385 e. The fraction of sp³-hybridized carbons (Fsp3) is 0.650. The standard InChI is InChI=1S/C20H35N5.HI/c1-18-10-16-25(17-11-18)15-7-14-24-20(21-2)23-13-6-12-22-19-8-4-3-5-9-19;/h3-5,8-9,18,22H,6-7,10-17H2,1-2H3,(H2,21,23,24);1H. The van der Waals surface area contributed by atoms with E-state index in [1.807, 2.05) is 13.1 Å². The molecule has 1 aromatic rings. The SMILES string of the molecule is CN=C(NCCCNc1ccccc1)NCCCN1CCC(C)CC1.I. The fourth-order valence-electron chi connectivity index (χ4n) is 3.10. The molecule has 0 aromatic heterocycles. The van der Waals surface area contributed by atoms with Crippen molar-refractivity contribution in [3.63, 3.8) is 0 Å². The molecule has 3 N–H and O–H groups in total. The van der Waals surface area contributed by atoms with E-state index < -0.39 is 0 Å². The van der Waals surface area contributed by atoms with Crippen molar-refractivity contribution in [1.82, 2.24) is 15.5 Å². The highest BCUT2D eigenvalue weighted by molar-refractivity contribution is 14.0. The second kappa shape index (κ2) is 14.1. The molecule has 0 amide bonds. The first-order valence-electron chi connectivity index (χ1n) is 9.73. The normalized spacial score (nSPS) is 16.0. The molecule has 1 aromatic carbocycles. The Labute approximate surface area is 176 Å². The van der Waals surface area contributed by atoms with E-state index in [4.69, 9.17) is 0 Å². The van der Waals surface area contributed by atoms with Crippen LogP contribution in [0.1, 0.15) is 32.6 Å². The molecule has 1 heterocycles. The monoisotopic (exact) mass is 473 g/mol. The van der Waals surface area contributed by atoms with Crippen molar-refractivity contribution in [2.75, 3.05) is 51.6 Å². The molecule has 6 heteroatoms. The molecule has 0 spiro atoms. The van der Waals surface area contributed by atoms with Gasteiger partial charge in [-0.1, -0.05) is 25.1 Å². The van der Waals surface area contributed by atoms with E-state index in [1.165, 1.54) is 44.6 Å². The van der Waals surface area contributed by atoms with Gasteiger partial charge in [0.25, 0.3) is 0 Å². The molecule has 0 saturated carbocycles. The van der Waals surface area contributed by atoms with Crippen molar-refractivity contribution in [3.05, 3.63) is 30.3 Å². The highest BCUT2D eigenvalue weighted by Crippen LogP contribution is 2.15. The number of nitrogens with zero attached hydrogens (tertiary/aromatic N) is 2. The van der Waals surface area contributed by atoms with Crippen LogP contribution in [0.3, 0.4) is 0 Å². The van der Waals surface area contributed by atoms with Gasteiger partial charge in [-0.25, -0.2) is 0 Å². The number of nitrogens with one attached hydrogen (secondary N) is 3. The maximum Gasteiger partial charge on any atom is 0.190 e. The third-order valence-electron chi connectivity index (χ3n) is 4.79. The molecular formula is C20H36IN5. The molecule has 1 fully saturated rings. The van der Waals surface area contributed by atoms with Gasteiger partial charge in [0.15, 0.2) is 5.96 Å². The van der Waals surface area contributed by atoms with Gasteiger partial charge in [0.2, 0.25) is 0 Å². The Morgan fingerprint density at radius 3 is 2.35 bits per heavy atom. The Hall–Kier alpha value is -1.02. The van der Waals surface area contributed by atoms with Crippen molar-refractivity contribution in [3.8, 4) is 0 Å². The number of para-hydroxylation sites is 1. The molecule has 2 rings (SSSR count). The fourth-order valence-corrected chi connectivity index (χ4v) is 3.10. The number of likely N-dealkylation sites (tertiary alicyclic amines) is 1. The molecule has 0 unspecified atom stereocenters. The first-order valence-corrected chi connectivity index (χ1v) is 9.73. The molecule has 0 bridgehead atoms. The molecule has 0 radical (unpaired) electrons. The van der Waals surface area contributed by atoms with Crippen LogP contribution >= 0.6 is 24.0 Å². The number of benzene rings is 1. The van der Waals surface area contributed by atoms with Crippen molar-refractivity contribution in [2.24, 2.45) is 10.9 Å². The summed E-state index contributed by atoms with van der Waals surface area (Å²) in [6, 6.07) is 10.3. The van der Waals surface area contributed by atoms with Crippen LogP contribution in [0.15, 0.2) is 35.3 Å². The van der Waals surface area contributed by atoms with Gasteiger partial charge >= 0.3 is 0 Å². The quantitative estimate of drug-likeness (QED) is 0.223. The highest BCUT2D eigenvalue weighted by atomic mass is 127. The van der Waals surface area contributed by atoms with E-state index in [2.05, 4.69) is 57.0 Å². The van der Waals surface area contributed by atoms with E-state index in [1.54, 1.807) is 0 Å². The van der Waals surface area contributed by atoms with Crippen LogP contribution in [0.25, 0.3) is 0 Å². The van der Waals surface area contributed by atoms with E-state index in [0.29, 0.717) is 0 Å². The Bertz CT molecular complexity index is 486. The van der Waals surface area contributed by atoms with E-state index >= 15 is 0 Å². The molecule has 1 aliphatic rings. The van der Waals surface area contributed by atoms with Gasteiger partial charge in [0, 0.05) is 32.4 Å². The van der Waals surface area contributed by atoms with Crippen LogP contribution in [-0.4, -0.2) is 57.2 Å². The second-order valence-electron chi connectivity index (χ2n) is 6.95. The van der Waals surface area contributed by atoms with E-state index in [-0.39, 0.29) is 24.0 Å². The van der Waals surface area contributed by atoms with Crippen molar-refractivity contribution in [2.45, 2.75) is 32.6 Å². The van der Waals surface area contributed by atoms with Crippen LogP contribution in [0, 0.1) is 5.92 Å². The van der Waals surface area contributed by atoms with Crippen LogP contribution < -0.4 is 16.0 Å². The predicted molar refractivity (Wildman–Crippen MR) is 124 cm³/mol. The second-order valence-corrected chi connectivity index (χ2v) is 6.95. The average Bonchev–Trinajstić information content (AvgIpc) is 2.65. The van der Waals surface area contributed by atoms with Gasteiger partial charge < -0.3 is 20.9 Å². The summed E-state index contributed by atoms with van der Waals surface area (Å²) in [5.41, 5.74) is 1.18. The zero-order chi connectivity index (χ0) is 17.7. The summed E-state index contributed by atoms with van der Waals surface area (Å²) in [5.74, 6) is 1.82. The number of guanidine groups is 1. The lowest BCUT2D eigenvalue weighted by Gasteiger charge is -2.30. The van der Waals surface area contributed by atoms with Gasteiger partial charge in [-0.05, 0) is 63.4 Å². The minimum atomic E-state index is 0. The third kappa shape index (κ3) is 9.62. The summed E-state index contributed by atoms with van der Waals surface area (Å²) < 4.78 is 0. The predicted octanol–water partition coefficient (Wildman–Crippen LogP) is 3.39. The molecule has 1 saturated heterocycles. The number of halogens is 1. The number of aliphatic imine (C=N–C) groups is 1. The van der Waals surface area contributed by atoms with Crippen LogP contribution in [0.2, 0.25) is 0 Å². The Morgan fingerprint density at radius 1 is 1.04 bits per heavy atom. The van der Waals surface area contributed by atoms with E-state index in [0.717, 1.165) is 37.9 Å².